The average molecular weight is 247 g/mol. The minimum atomic E-state index is 0.112. The molecule has 1 aromatic rings. The standard InChI is InChI=1S/C14H21N3O/c18-14(16-10-8-15-11-16)17-9-4-7-13(17)12-5-2-1-3-6-12/h8,10-13H,1-7,9H2/t13-/m0/s1. The number of hydrogen-bond acceptors (Lipinski definition) is 2. The van der Waals surface area contributed by atoms with Crippen LogP contribution >= 0.6 is 0 Å². The van der Waals surface area contributed by atoms with Crippen LogP contribution in [0.1, 0.15) is 44.9 Å². The van der Waals surface area contributed by atoms with E-state index in [1.807, 2.05) is 0 Å². The quantitative estimate of drug-likeness (QED) is 0.765. The van der Waals surface area contributed by atoms with Crippen molar-refractivity contribution in [3.63, 3.8) is 0 Å². The zero-order valence-electron chi connectivity index (χ0n) is 10.8. The van der Waals surface area contributed by atoms with Gasteiger partial charge < -0.3 is 4.90 Å². The summed E-state index contributed by atoms with van der Waals surface area (Å²) in [4.78, 5) is 18.5. The molecule has 0 bridgehead atoms. The second kappa shape index (κ2) is 5.12. The number of carbonyl (C=O) groups is 1. The van der Waals surface area contributed by atoms with Crippen LogP contribution in [0.25, 0.3) is 0 Å². The molecule has 0 unspecified atom stereocenters. The summed E-state index contributed by atoms with van der Waals surface area (Å²) in [5.74, 6) is 0.730. The number of carbonyl (C=O) groups excluding carboxylic acids is 1. The van der Waals surface area contributed by atoms with Crippen molar-refractivity contribution in [2.75, 3.05) is 6.54 Å². The molecular weight excluding hydrogens is 226 g/mol. The Morgan fingerprint density at radius 1 is 1.11 bits per heavy atom. The topological polar surface area (TPSA) is 38.1 Å². The molecule has 0 N–H and O–H groups in total. The fraction of sp³-hybridized carbons (Fsp3) is 0.714. The lowest BCUT2D eigenvalue weighted by Crippen LogP contribution is -2.42. The second-order valence-electron chi connectivity index (χ2n) is 5.55. The van der Waals surface area contributed by atoms with Gasteiger partial charge in [-0.05, 0) is 31.6 Å². The van der Waals surface area contributed by atoms with Crippen LogP contribution < -0.4 is 0 Å². The minimum Gasteiger partial charge on any atom is -0.321 e. The minimum absolute atomic E-state index is 0.112. The Morgan fingerprint density at radius 3 is 2.67 bits per heavy atom. The molecule has 3 rings (SSSR count). The van der Waals surface area contributed by atoms with Crippen molar-refractivity contribution in [1.29, 1.82) is 0 Å². The Hall–Kier alpha value is -1.32. The van der Waals surface area contributed by atoms with Crippen molar-refractivity contribution in [2.24, 2.45) is 5.92 Å². The molecule has 2 heterocycles. The van der Waals surface area contributed by atoms with Gasteiger partial charge in [0.05, 0.1) is 0 Å². The summed E-state index contributed by atoms with van der Waals surface area (Å²) >= 11 is 0. The summed E-state index contributed by atoms with van der Waals surface area (Å²) in [6.45, 7) is 0.915. The highest BCUT2D eigenvalue weighted by molar-refractivity contribution is 5.77. The number of aromatic nitrogens is 2. The molecule has 2 aliphatic rings. The van der Waals surface area contributed by atoms with Gasteiger partial charge in [-0.25, -0.2) is 9.78 Å². The molecule has 1 aliphatic heterocycles. The first-order valence-corrected chi connectivity index (χ1v) is 7.15. The summed E-state index contributed by atoms with van der Waals surface area (Å²) in [7, 11) is 0. The molecule has 0 spiro atoms. The zero-order valence-corrected chi connectivity index (χ0v) is 10.8. The van der Waals surface area contributed by atoms with Crippen LogP contribution in [0.2, 0.25) is 0 Å². The number of nitrogens with zero attached hydrogens (tertiary/aromatic N) is 3. The highest BCUT2D eigenvalue weighted by Gasteiger charge is 2.35. The number of hydrogen-bond donors (Lipinski definition) is 0. The van der Waals surface area contributed by atoms with Gasteiger partial charge >= 0.3 is 6.03 Å². The normalized spacial score (nSPS) is 25.6. The highest BCUT2D eigenvalue weighted by Crippen LogP contribution is 2.34. The lowest BCUT2D eigenvalue weighted by molar-refractivity contribution is 0.157. The van der Waals surface area contributed by atoms with E-state index < -0.39 is 0 Å². The molecule has 4 heteroatoms. The molecule has 1 aromatic heterocycles. The van der Waals surface area contributed by atoms with E-state index in [0.717, 1.165) is 18.9 Å². The smallest absolute Gasteiger partial charge is 0.321 e. The van der Waals surface area contributed by atoms with Crippen molar-refractivity contribution in [1.82, 2.24) is 14.5 Å². The van der Waals surface area contributed by atoms with Gasteiger partial charge in [-0.2, -0.15) is 0 Å². The molecule has 4 nitrogen and oxygen atoms in total. The molecule has 1 atom stereocenters. The Balaban J connectivity index is 1.72. The second-order valence-corrected chi connectivity index (χ2v) is 5.55. The number of amides is 1. The average Bonchev–Trinajstić information content (AvgIpc) is 3.10. The summed E-state index contributed by atoms with van der Waals surface area (Å²) in [5, 5.41) is 0. The highest BCUT2D eigenvalue weighted by atomic mass is 16.2. The Labute approximate surface area is 108 Å². The Morgan fingerprint density at radius 2 is 1.94 bits per heavy atom. The van der Waals surface area contributed by atoms with Crippen molar-refractivity contribution in [3.05, 3.63) is 18.7 Å². The SMILES string of the molecule is O=C(N1CCC[C@H]1C1CCCCC1)n1ccnc1. The summed E-state index contributed by atoms with van der Waals surface area (Å²) in [5.41, 5.74) is 0. The van der Waals surface area contributed by atoms with Crippen LogP contribution in [0.5, 0.6) is 0 Å². The predicted molar refractivity (Wildman–Crippen MR) is 69.3 cm³/mol. The summed E-state index contributed by atoms with van der Waals surface area (Å²) in [6, 6.07) is 0.584. The fourth-order valence-electron chi connectivity index (χ4n) is 3.56. The molecule has 1 saturated heterocycles. The maximum atomic E-state index is 12.4. The van der Waals surface area contributed by atoms with Crippen molar-refractivity contribution in [3.8, 4) is 0 Å². The van der Waals surface area contributed by atoms with E-state index in [2.05, 4.69) is 9.88 Å². The first-order chi connectivity index (χ1) is 8.86. The van der Waals surface area contributed by atoms with Gasteiger partial charge in [-0.3, -0.25) is 4.57 Å². The van der Waals surface area contributed by atoms with Gasteiger partial charge in [0.25, 0.3) is 0 Å². The van der Waals surface area contributed by atoms with Gasteiger partial charge in [-0.1, -0.05) is 19.3 Å². The van der Waals surface area contributed by atoms with Crippen molar-refractivity contribution in [2.45, 2.75) is 51.0 Å². The van der Waals surface area contributed by atoms with Gasteiger partial charge in [0.2, 0.25) is 0 Å². The molecule has 0 aromatic carbocycles. The number of likely N-dealkylation sites (tertiary alicyclic amines) is 1. The number of rotatable bonds is 1. The van der Waals surface area contributed by atoms with E-state index in [-0.39, 0.29) is 6.03 Å². The first kappa shape index (κ1) is 11.8. The lowest BCUT2D eigenvalue weighted by Gasteiger charge is -2.33. The van der Waals surface area contributed by atoms with E-state index in [4.69, 9.17) is 0 Å². The fourth-order valence-corrected chi connectivity index (χ4v) is 3.56. The lowest BCUT2D eigenvalue weighted by atomic mass is 9.83. The molecular formula is C14H21N3O. The first-order valence-electron chi connectivity index (χ1n) is 7.15. The van der Waals surface area contributed by atoms with E-state index in [0.29, 0.717) is 6.04 Å². The van der Waals surface area contributed by atoms with Gasteiger partial charge in [0.15, 0.2) is 0 Å². The Bertz CT molecular complexity index is 395. The number of imidazole rings is 1. The monoisotopic (exact) mass is 247 g/mol. The van der Waals surface area contributed by atoms with Crippen LogP contribution in [0.4, 0.5) is 4.79 Å². The molecule has 1 amide bonds. The largest absolute Gasteiger partial charge is 0.329 e. The third kappa shape index (κ3) is 2.16. The Kier molecular flexibility index (Phi) is 3.35. The van der Waals surface area contributed by atoms with Crippen LogP contribution in [0.15, 0.2) is 18.7 Å². The molecule has 1 saturated carbocycles. The van der Waals surface area contributed by atoms with Crippen LogP contribution in [-0.4, -0.2) is 33.1 Å². The van der Waals surface area contributed by atoms with Crippen LogP contribution in [0.3, 0.4) is 0 Å². The molecule has 0 radical (unpaired) electrons. The predicted octanol–water partition coefficient (Wildman–Crippen LogP) is 2.90. The third-order valence-electron chi connectivity index (χ3n) is 4.46. The van der Waals surface area contributed by atoms with E-state index in [1.54, 1.807) is 23.3 Å². The van der Waals surface area contributed by atoms with Crippen LogP contribution in [0, 0.1) is 5.92 Å². The zero-order chi connectivity index (χ0) is 12.4. The van der Waals surface area contributed by atoms with Gasteiger partial charge in [0, 0.05) is 25.0 Å². The van der Waals surface area contributed by atoms with Crippen molar-refractivity contribution >= 4 is 6.03 Å². The van der Waals surface area contributed by atoms with Crippen LogP contribution in [-0.2, 0) is 0 Å². The van der Waals surface area contributed by atoms with Gasteiger partial charge in [0.1, 0.15) is 6.33 Å². The maximum Gasteiger partial charge on any atom is 0.329 e. The molecule has 98 valence electrons. The third-order valence-corrected chi connectivity index (χ3v) is 4.46. The van der Waals surface area contributed by atoms with Gasteiger partial charge in [-0.15, -0.1) is 0 Å². The summed E-state index contributed by atoms with van der Waals surface area (Å²) in [6.07, 6.45) is 14.0. The molecule has 2 fully saturated rings. The summed E-state index contributed by atoms with van der Waals surface area (Å²) < 4.78 is 1.61. The van der Waals surface area contributed by atoms with E-state index in [1.165, 1.54) is 38.5 Å². The van der Waals surface area contributed by atoms with E-state index >= 15 is 0 Å². The molecule has 18 heavy (non-hydrogen) atoms. The van der Waals surface area contributed by atoms with E-state index in [9.17, 15) is 4.79 Å². The maximum absolute atomic E-state index is 12.4. The molecule has 1 aliphatic carbocycles. The van der Waals surface area contributed by atoms with Crippen molar-refractivity contribution < 1.29 is 4.79 Å².